The lowest BCUT2D eigenvalue weighted by molar-refractivity contribution is 0.416. The molecule has 0 heterocycles. The van der Waals surface area contributed by atoms with Gasteiger partial charge in [-0.05, 0) is 60.8 Å². The van der Waals surface area contributed by atoms with Crippen LogP contribution < -0.4 is 10.1 Å². The Morgan fingerprint density at radius 2 is 1.90 bits per heavy atom. The standard InChI is InChI=1S/C18H22FNO/c1-5-20-11-14-6-7-15(19)10-16(14)18-13(3)8-12(2)9-17(18)21-4/h6-10,20H,5,11H2,1-4H3. The Hall–Kier alpha value is -1.87. The van der Waals surface area contributed by atoms with Gasteiger partial charge in [-0.2, -0.15) is 0 Å². The van der Waals surface area contributed by atoms with Gasteiger partial charge in [0.05, 0.1) is 7.11 Å². The third-order valence-corrected chi connectivity index (χ3v) is 3.57. The summed E-state index contributed by atoms with van der Waals surface area (Å²) < 4.78 is 19.3. The molecule has 0 aliphatic rings. The molecule has 0 saturated carbocycles. The van der Waals surface area contributed by atoms with E-state index >= 15 is 0 Å². The molecule has 2 aromatic rings. The predicted molar refractivity (Wildman–Crippen MR) is 85.2 cm³/mol. The van der Waals surface area contributed by atoms with Gasteiger partial charge in [0.1, 0.15) is 11.6 Å². The van der Waals surface area contributed by atoms with Gasteiger partial charge >= 0.3 is 0 Å². The van der Waals surface area contributed by atoms with E-state index in [1.807, 2.05) is 26.0 Å². The third kappa shape index (κ3) is 3.42. The molecule has 0 aliphatic carbocycles. The number of halogens is 1. The average Bonchev–Trinajstić information content (AvgIpc) is 2.45. The Morgan fingerprint density at radius 1 is 1.14 bits per heavy atom. The maximum atomic E-state index is 13.7. The van der Waals surface area contributed by atoms with E-state index in [1.165, 1.54) is 6.07 Å². The van der Waals surface area contributed by atoms with Crippen LogP contribution >= 0.6 is 0 Å². The fraction of sp³-hybridized carbons (Fsp3) is 0.333. The second kappa shape index (κ2) is 6.72. The van der Waals surface area contributed by atoms with Crippen molar-refractivity contribution in [2.24, 2.45) is 0 Å². The molecule has 0 aromatic heterocycles. The number of rotatable bonds is 5. The average molecular weight is 287 g/mol. The Balaban J connectivity index is 2.62. The number of hydrogen-bond donors (Lipinski definition) is 1. The summed E-state index contributed by atoms with van der Waals surface area (Å²) in [5, 5.41) is 3.30. The molecule has 0 bridgehead atoms. The van der Waals surface area contributed by atoms with Crippen LogP contribution in [0.4, 0.5) is 4.39 Å². The van der Waals surface area contributed by atoms with E-state index in [2.05, 4.69) is 18.3 Å². The highest BCUT2D eigenvalue weighted by Gasteiger charge is 2.14. The minimum atomic E-state index is -0.229. The van der Waals surface area contributed by atoms with Crippen LogP contribution in [0, 0.1) is 19.7 Å². The van der Waals surface area contributed by atoms with Crippen molar-refractivity contribution >= 4 is 0 Å². The van der Waals surface area contributed by atoms with Crippen LogP contribution in [0.15, 0.2) is 30.3 Å². The maximum absolute atomic E-state index is 13.7. The first-order valence-electron chi connectivity index (χ1n) is 7.21. The molecule has 112 valence electrons. The molecular weight excluding hydrogens is 265 g/mol. The summed E-state index contributed by atoms with van der Waals surface area (Å²) in [6, 6.07) is 9.02. The molecule has 0 saturated heterocycles. The molecule has 0 atom stereocenters. The van der Waals surface area contributed by atoms with Crippen molar-refractivity contribution in [3.8, 4) is 16.9 Å². The smallest absolute Gasteiger partial charge is 0.127 e. The van der Waals surface area contributed by atoms with E-state index in [1.54, 1.807) is 13.2 Å². The van der Waals surface area contributed by atoms with Crippen LogP contribution in [-0.4, -0.2) is 13.7 Å². The number of aryl methyl sites for hydroxylation is 2. The summed E-state index contributed by atoms with van der Waals surface area (Å²) >= 11 is 0. The van der Waals surface area contributed by atoms with Gasteiger partial charge in [0.2, 0.25) is 0 Å². The Morgan fingerprint density at radius 3 is 2.57 bits per heavy atom. The van der Waals surface area contributed by atoms with E-state index in [9.17, 15) is 4.39 Å². The normalized spacial score (nSPS) is 10.7. The van der Waals surface area contributed by atoms with Gasteiger partial charge in [-0.3, -0.25) is 0 Å². The fourth-order valence-corrected chi connectivity index (χ4v) is 2.63. The first kappa shape index (κ1) is 15.5. The van der Waals surface area contributed by atoms with Gasteiger partial charge < -0.3 is 10.1 Å². The van der Waals surface area contributed by atoms with Gasteiger partial charge in [-0.15, -0.1) is 0 Å². The third-order valence-electron chi connectivity index (χ3n) is 3.57. The molecule has 0 fully saturated rings. The van der Waals surface area contributed by atoms with Gasteiger partial charge in [0.25, 0.3) is 0 Å². The van der Waals surface area contributed by atoms with Crippen LogP contribution in [0.5, 0.6) is 5.75 Å². The molecule has 3 heteroatoms. The lowest BCUT2D eigenvalue weighted by atomic mass is 9.93. The van der Waals surface area contributed by atoms with Crippen molar-refractivity contribution in [2.75, 3.05) is 13.7 Å². The Labute approximate surface area is 126 Å². The number of nitrogens with one attached hydrogen (secondary N) is 1. The largest absolute Gasteiger partial charge is 0.496 e. The molecule has 0 radical (unpaired) electrons. The van der Waals surface area contributed by atoms with Gasteiger partial charge in [-0.1, -0.05) is 19.1 Å². The second-order valence-electron chi connectivity index (χ2n) is 5.24. The van der Waals surface area contributed by atoms with Crippen LogP contribution in [0.2, 0.25) is 0 Å². The van der Waals surface area contributed by atoms with Gasteiger partial charge in [0.15, 0.2) is 0 Å². The number of hydrogen-bond acceptors (Lipinski definition) is 2. The molecule has 1 N–H and O–H groups in total. The van der Waals surface area contributed by atoms with Gasteiger partial charge in [-0.25, -0.2) is 4.39 Å². The molecule has 2 rings (SSSR count). The first-order chi connectivity index (χ1) is 10.1. The van der Waals surface area contributed by atoms with Crippen molar-refractivity contribution in [3.05, 3.63) is 52.8 Å². The summed E-state index contributed by atoms with van der Waals surface area (Å²) in [7, 11) is 1.65. The molecule has 0 amide bonds. The quantitative estimate of drug-likeness (QED) is 0.888. The van der Waals surface area contributed by atoms with E-state index in [0.717, 1.165) is 40.1 Å². The van der Waals surface area contributed by atoms with Crippen LogP contribution in [0.3, 0.4) is 0 Å². The molecular formula is C18H22FNO. The fourth-order valence-electron chi connectivity index (χ4n) is 2.63. The van der Waals surface area contributed by atoms with E-state index < -0.39 is 0 Å². The number of benzene rings is 2. The number of ether oxygens (including phenoxy) is 1. The highest BCUT2D eigenvalue weighted by molar-refractivity contribution is 5.77. The van der Waals surface area contributed by atoms with Crippen LogP contribution in [0.25, 0.3) is 11.1 Å². The van der Waals surface area contributed by atoms with Crippen LogP contribution in [0.1, 0.15) is 23.6 Å². The lowest BCUT2D eigenvalue weighted by Crippen LogP contribution is -2.13. The van der Waals surface area contributed by atoms with E-state index in [4.69, 9.17) is 4.74 Å². The van der Waals surface area contributed by atoms with Crippen molar-refractivity contribution < 1.29 is 9.13 Å². The van der Waals surface area contributed by atoms with Gasteiger partial charge in [0, 0.05) is 12.1 Å². The molecule has 0 aliphatic heterocycles. The van der Waals surface area contributed by atoms with Crippen molar-refractivity contribution in [3.63, 3.8) is 0 Å². The molecule has 21 heavy (non-hydrogen) atoms. The SMILES string of the molecule is CCNCc1ccc(F)cc1-c1c(C)cc(C)cc1OC. The summed E-state index contributed by atoms with van der Waals surface area (Å²) in [6.07, 6.45) is 0. The lowest BCUT2D eigenvalue weighted by Gasteiger charge is -2.17. The summed E-state index contributed by atoms with van der Waals surface area (Å²) in [5.74, 6) is 0.558. The Kier molecular flexibility index (Phi) is 4.97. The molecule has 0 unspecified atom stereocenters. The minimum Gasteiger partial charge on any atom is -0.496 e. The molecule has 2 aromatic carbocycles. The maximum Gasteiger partial charge on any atom is 0.127 e. The van der Waals surface area contributed by atoms with E-state index in [0.29, 0.717) is 6.54 Å². The van der Waals surface area contributed by atoms with Crippen molar-refractivity contribution in [2.45, 2.75) is 27.3 Å². The van der Waals surface area contributed by atoms with Crippen molar-refractivity contribution in [1.82, 2.24) is 5.32 Å². The zero-order chi connectivity index (χ0) is 15.4. The first-order valence-corrected chi connectivity index (χ1v) is 7.21. The second-order valence-corrected chi connectivity index (χ2v) is 5.24. The van der Waals surface area contributed by atoms with E-state index in [-0.39, 0.29) is 5.82 Å². The topological polar surface area (TPSA) is 21.3 Å². The summed E-state index contributed by atoms with van der Waals surface area (Å²) in [5.41, 5.74) is 5.16. The summed E-state index contributed by atoms with van der Waals surface area (Å²) in [6.45, 7) is 7.71. The molecule has 0 spiro atoms. The highest BCUT2D eigenvalue weighted by atomic mass is 19.1. The minimum absolute atomic E-state index is 0.229. The zero-order valence-corrected chi connectivity index (χ0v) is 13.1. The van der Waals surface area contributed by atoms with Crippen molar-refractivity contribution in [1.29, 1.82) is 0 Å². The Bertz CT molecular complexity index is 637. The van der Waals surface area contributed by atoms with Crippen LogP contribution in [-0.2, 0) is 6.54 Å². The highest BCUT2D eigenvalue weighted by Crippen LogP contribution is 2.36. The molecule has 2 nitrogen and oxygen atoms in total. The monoisotopic (exact) mass is 287 g/mol. The summed E-state index contributed by atoms with van der Waals surface area (Å²) in [4.78, 5) is 0. The zero-order valence-electron chi connectivity index (χ0n) is 13.1. The predicted octanol–water partition coefficient (Wildman–Crippen LogP) is 4.23. The number of methoxy groups -OCH3 is 1.